The zero-order valence-corrected chi connectivity index (χ0v) is 19.2. The molecule has 0 radical (unpaired) electrons. The Labute approximate surface area is 185 Å². The molecule has 11 heteroatoms. The molecular weight excluding hydrogens is 436 g/mol. The zero-order chi connectivity index (χ0) is 22.2. The Morgan fingerprint density at radius 3 is 2.71 bits per heavy atom. The highest BCUT2D eigenvalue weighted by Gasteiger charge is 2.35. The number of hydrogen-bond donors (Lipinski definition) is 2. The number of nitrogens with one attached hydrogen (secondary N) is 2. The molecule has 4 rings (SSSR count). The summed E-state index contributed by atoms with van der Waals surface area (Å²) in [5, 5.41) is 18.8. The molecule has 2 N–H and O–H groups in total. The number of piperidine rings is 1. The van der Waals surface area contributed by atoms with Crippen molar-refractivity contribution in [1.29, 1.82) is 0 Å². The number of rotatable bonds is 5. The van der Waals surface area contributed by atoms with Crippen LogP contribution in [-0.2, 0) is 10.0 Å². The molecule has 1 fully saturated rings. The first-order valence-corrected chi connectivity index (χ1v) is 12.2. The molecule has 3 aromatic rings. The van der Waals surface area contributed by atoms with Crippen molar-refractivity contribution < 1.29 is 13.2 Å². The van der Waals surface area contributed by atoms with Crippen molar-refractivity contribution in [3.05, 3.63) is 51.2 Å². The van der Waals surface area contributed by atoms with Crippen LogP contribution in [0.2, 0.25) is 0 Å². The molecule has 1 atom stereocenters. The minimum atomic E-state index is -3.66. The number of carbonyl (C=O) groups is 1. The Morgan fingerprint density at radius 2 is 2.00 bits per heavy atom. The molecule has 2 aromatic heterocycles. The van der Waals surface area contributed by atoms with Gasteiger partial charge in [-0.2, -0.15) is 9.40 Å². The third-order valence-electron chi connectivity index (χ3n) is 5.42. The van der Waals surface area contributed by atoms with Crippen LogP contribution >= 0.6 is 11.3 Å². The third-order valence-corrected chi connectivity index (χ3v) is 8.63. The Hall–Kier alpha value is -2.63. The van der Waals surface area contributed by atoms with E-state index in [1.165, 1.54) is 15.6 Å². The van der Waals surface area contributed by atoms with Gasteiger partial charge in [0.1, 0.15) is 9.90 Å². The van der Waals surface area contributed by atoms with Gasteiger partial charge in [0, 0.05) is 24.7 Å². The maximum Gasteiger partial charge on any atom is 0.286 e. The van der Waals surface area contributed by atoms with Gasteiger partial charge in [0.05, 0.1) is 11.4 Å². The second kappa shape index (κ2) is 8.48. The van der Waals surface area contributed by atoms with Gasteiger partial charge in [0.25, 0.3) is 5.91 Å². The van der Waals surface area contributed by atoms with Crippen molar-refractivity contribution in [2.24, 2.45) is 0 Å². The molecule has 3 heterocycles. The van der Waals surface area contributed by atoms with Crippen LogP contribution in [0.25, 0.3) is 0 Å². The summed E-state index contributed by atoms with van der Waals surface area (Å²) >= 11 is 1.21. The van der Waals surface area contributed by atoms with E-state index in [1.807, 2.05) is 31.2 Å². The van der Waals surface area contributed by atoms with E-state index in [-0.39, 0.29) is 21.7 Å². The van der Waals surface area contributed by atoms with Crippen molar-refractivity contribution in [3.63, 3.8) is 0 Å². The number of aromatic nitrogens is 4. The summed E-state index contributed by atoms with van der Waals surface area (Å²) in [6, 6.07) is 7.51. The predicted octanol–water partition coefficient (Wildman–Crippen LogP) is 3.01. The number of carbonyl (C=O) groups excluding carboxylic acids is 1. The number of anilines is 1. The number of benzene rings is 1. The molecule has 0 spiro atoms. The first-order chi connectivity index (χ1) is 14.8. The molecule has 164 valence electrons. The fraction of sp³-hybridized carbons (Fsp3) is 0.400. The molecule has 1 unspecified atom stereocenters. The van der Waals surface area contributed by atoms with Crippen LogP contribution in [-0.4, -0.2) is 52.1 Å². The largest absolute Gasteiger partial charge is 0.320 e. The van der Waals surface area contributed by atoms with Gasteiger partial charge in [-0.15, -0.1) is 10.2 Å². The highest BCUT2D eigenvalue weighted by atomic mass is 32.2. The molecule has 9 nitrogen and oxygen atoms in total. The molecule has 1 aliphatic rings. The zero-order valence-electron chi connectivity index (χ0n) is 17.5. The van der Waals surface area contributed by atoms with Gasteiger partial charge in [-0.25, -0.2) is 8.42 Å². The normalized spacial score (nSPS) is 17.6. The van der Waals surface area contributed by atoms with Crippen molar-refractivity contribution in [1.82, 2.24) is 24.7 Å². The molecule has 1 amide bonds. The molecule has 0 aliphatic carbocycles. The van der Waals surface area contributed by atoms with E-state index in [1.54, 1.807) is 13.8 Å². The van der Waals surface area contributed by atoms with Gasteiger partial charge in [-0.3, -0.25) is 9.89 Å². The fourth-order valence-electron chi connectivity index (χ4n) is 3.79. The Kier molecular flexibility index (Phi) is 5.91. The lowest BCUT2D eigenvalue weighted by atomic mass is 10.0. The summed E-state index contributed by atoms with van der Waals surface area (Å²) in [7, 11) is -3.66. The molecule has 1 saturated heterocycles. The quantitative estimate of drug-likeness (QED) is 0.604. The van der Waals surface area contributed by atoms with Crippen LogP contribution in [0.5, 0.6) is 0 Å². The average Bonchev–Trinajstić information content (AvgIpc) is 3.37. The van der Waals surface area contributed by atoms with E-state index >= 15 is 0 Å². The summed E-state index contributed by atoms with van der Waals surface area (Å²) in [6.45, 7) is 6.06. The van der Waals surface area contributed by atoms with Gasteiger partial charge < -0.3 is 5.32 Å². The van der Waals surface area contributed by atoms with Crippen LogP contribution in [0.15, 0.2) is 29.2 Å². The number of sulfonamides is 1. The molecule has 0 bridgehead atoms. The first-order valence-electron chi connectivity index (χ1n) is 9.99. The highest BCUT2D eigenvalue weighted by Crippen LogP contribution is 2.33. The summed E-state index contributed by atoms with van der Waals surface area (Å²) in [5.41, 5.74) is 2.68. The minimum absolute atomic E-state index is 0.103. The second-order valence-electron chi connectivity index (χ2n) is 7.68. The fourth-order valence-corrected chi connectivity index (χ4v) is 6.51. The highest BCUT2D eigenvalue weighted by molar-refractivity contribution is 7.89. The van der Waals surface area contributed by atoms with Crippen LogP contribution in [0.4, 0.5) is 5.69 Å². The van der Waals surface area contributed by atoms with Crippen molar-refractivity contribution in [3.8, 4) is 0 Å². The molecular formula is C20H24N6O3S2. The number of amides is 1. The number of para-hydroxylation sites is 1. The molecule has 0 saturated carbocycles. The van der Waals surface area contributed by atoms with E-state index in [4.69, 9.17) is 0 Å². The van der Waals surface area contributed by atoms with E-state index in [0.29, 0.717) is 35.9 Å². The lowest BCUT2D eigenvalue weighted by Crippen LogP contribution is -2.39. The topological polar surface area (TPSA) is 121 Å². The SMILES string of the molecule is Cc1ccccc1NC(=O)c1nnc(C2CCCN(S(=O)(=O)c3c(C)n[nH]c3C)C2)s1. The van der Waals surface area contributed by atoms with Crippen LogP contribution in [0, 0.1) is 20.8 Å². The van der Waals surface area contributed by atoms with Crippen molar-refractivity contribution in [2.75, 3.05) is 18.4 Å². The van der Waals surface area contributed by atoms with Crippen molar-refractivity contribution >= 4 is 33.0 Å². The maximum atomic E-state index is 13.2. The Morgan fingerprint density at radius 1 is 1.23 bits per heavy atom. The average molecular weight is 461 g/mol. The van der Waals surface area contributed by atoms with E-state index in [0.717, 1.165) is 17.7 Å². The lowest BCUT2D eigenvalue weighted by molar-refractivity contribution is 0.102. The number of H-pyrrole nitrogens is 1. The van der Waals surface area contributed by atoms with Gasteiger partial charge >= 0.3 is 0 Å². The molecule has 1 aromatic carbocycles. The van der Waals surface area contributed by atoms with Crippen LogP contribution < -0.4 is 5.32 Å². The van der Waals surface area contributed by atoms with Crippen molar-refractivity contribution in [2.45, 2.75) is 44.4 Å². The van der Waals surface area contributed by atoms with Crippen LogP contribution in [0.1, 0.15) is 50.5 Å². The smallest absolute Gasteiger partial charge is 0.286 e. The first kappa shape index (κ1) is 21.6. The molecule has 1 aliphatic heterocycles. The number of aromatic amines is 1. The standard InChI is InChI=1S/C20H24N6O3S2/c1-12-7-4-5-9-16(12)21-18(27)20-25-24-19(30-20)15-8-6-10-26(11-15)31(28,29)17-13(2)22-23-14(17)3/h4-5,7,9,15H,6,8,10-11H2,1-3H3,(H,21,27)(H,22,23). The van der Waals surface area contributed by atoms with Gasteiger partial charge in [0.2, 0.25) is 15.0 Å². The maximum absolute atomic E-state index is 13.2. The van der Waals surface area contributed by atoms with Gasteiger partial charge in [-0.1, -0.05) is 29.5 Å². The summed E-state index contributed by atoms with van der Waals surface area (Å²) in [4.78, 5) is 12.8. The number of nitrogens with zero attached hydrogens (tertiary/aromatic N) is 4. The molecule has 31 heavy (non-hydrogen) atoms. The number of aryl methyl sites for hydroxylation is 3. The Balaban J connectivity index is 1.50. The van der Waals surface area contributed by atoms with Gasteiger partial charge in [-0.05, 0) is 45.2 Å². The number of hydrogen-bond acceptors (Lipinski definition) is 7. The third kappa shape index (κ3) is 4.25. The summed E-state index contributed by atoms with van der Waals surface area (Å²) < 4.78 is 27.9. The predicted molar refractivity (Wildman–Crippen MR) is 118 cm³/mol. The lowest BCUT2D eigenvalue weighted by Gasteiger charge is -2.30. The van der Waals surface area contributed by atoms with E-state index in [9.17, 15) is 13.2 Å². The Bertz CT molecular complexity index is 1200. The van der Waals surface area contributed by atoms with Crippen LogP contribution in [0.3, 0.4) is 0 Å². The minimum Gasteiger partial charge on any atom is -0.320 e. The van der Waals surface area contributed by atoms with E-state index < -0.39 is 10.0 Å². The second-order valence-corrected chi connectivity index (χ2v) is 10.6. The monoisotopic (exact) mass is 460 g/mol. The van der Waals surface area contributed by atoms with Gasteiger partial charge in [0.15, 0.2) is 0 Å². The van der Waals surface area contributed by atoms with E-state index in [2.05, 4.69) is 25.7 Å². The summed E-state index contributed by atoms with van der Waals surface area (Å²) in [5.74, 6) is -0.420. The summed E-state index contributed by atoms with van der Waals surface area (Å²) in [6.07, 6.45) is 1.51.